The molecule has 8 nitrogen and oxygen atoms in total. The van der Waals surface area contributed by atoms with Crippen molar-refractivity contribution < 1.29 is 9.53 Å². The monoisotopic (exact) mass is 352 g/mol. The lowest BCUT2D eigenvalue weighted by Crippen LogP contribution is -2.21. The summed E-state index contributed by atoms with van der Waals surface area (Å²) in [4.78, 5) is 20.4. The summed E-state index contributed by atoms with van der Waals surface area (Å²) in [6, 6.07) is 7.55. The molecule has 8 heteroatoms. The number of aromatic nitrogens is 5. The summed E-state index contributed by atoms with van der Waals surface area (Å²) in [6.07, 6.45) is 5.07. The van der Waals surface area contributed by atoms with Gasteiger partial charge in [-0.3, -0.25) is 4.79 Å². The Morgan fingerprint density at radius 2 is 2.12 bits per heavy atom. The molecule has 4 rings (SSSR count). The molecule has 2 aromatic heterocycles. The fourth-order valence-corrected chi connectivity index (χ4v) is 3.54. The highest BCUT2D eigenvalue weighted by molar-refractivity contribution is 5.76. The number of primary amides is 1. The minimum absolute atomic E-state index is 0.0183. The molecule has 2 N–H and O–H groups in total. The van der Waals surface area contributed by atoms with E-state index >= 15 is 0 Å². The van der Waals surface area contributed by atoms with Gasteiger partial charge < -0.3 is 10.5 Å². The summed E-state index contributed by atoms with van der Waals surface area (Å²) in [5.41, 5.74) is 7.59. The third-order valence-corrected chi connectivity index (χ3v) is 4.97. The number of carbonyl (C=O) groups is 1. The van der Waals surface area contributed by atoms with Gasteiger partial charge in [0.05, 0.1) is 19.0 Å². The third kappa shape index (κ3) is 3.10. The van der Waals surface area contributed by atoms with Crippen LogP contribution in [0.1, 0.15) is 25.1 Å². The average Bonchev–Trinajstić information content (AvgIpc) is 3.29. The van der Waals surface area contributed by atoms with Crippen LogP contribution in [-0.2, 0) is 11.2 Å². The SMILES string of the molecule is COc1ccc(-n2nnc3cnc(C[C@@H]4CC[C@H](C(N)=O)C4)nc32)cc1. The van der Waals surface area contributed by atoms with Crippen molar-refractivity contribution in [3.63, 3.8) is 0 Å². The Hall–Kier alpha value is -3.03. The van der Waals surface area contributed by atoms with Crippen molar-refractivity contribution in [1.82, 2.24) is 25.0 Å². The van der Waals surface area contributed by atoms with Gasteiger partial charge in [0, 0.05) is 12.3 Å². The zero-order chi connectivity index (χ0) is 18.1. The molecule has 1 amide bonds. The number of carbonyl (C=O) groups excluding carboxylic acids is 1. The molecule has 134 valence electrons. The van der Waals surface area contributed by atoms with E-state index in [-0.39, 0.29) is 11.8 Å². The summed E-state index contributed by atoms with van der Waals surface area (Å²) in [6.45, 7) is 0. The molecular formula is C18H20N6O2. The van der Waals surface area contributed by atoms with Gasteiger partial charge in [-0.05, 0) is 49.4 Å². The first kappa shape index (κ1) is 16.4. The first-order chi connectivity index (χ1) is 12.6. The Balaban J connectivity index is 1.59. The number of hydrogen-bond acceptors (Lipinski definition) is 6. The first-order valence-corrected chi connectivity index (χ1v) is 8.65. The molecule has 2 heterocycles. The van der Waals surface area contributed by atoms with Crippen LogP contribution in [0.25, 0.3) is 16.9 Å². The molecule has 0 saturated heterocycles. The van der Waals surface area contributed by atoms with Crippen LogP contribution in [0.15, 0.2) is 30.5 Å². The minimum atomic E-state index is -0.203. The summed E-state index contributed by atoms with van der Waals surface area (Å²) in [5.74, 6) is 1.68. The number of ether oxygens (including phenoxy) is 1. The quantitative estimate of drug-likeness (QED) is 0.748. The normalized spacial score (nSPS) is 19.7. The maximum absolute atomic E-state index is 11.3. The lowest BCUT2D eigenvalue weighted by atomic mass is 10.0. The molecular weight excluding hydrogens is 332 g/mol. The van der Waals surface area contributed by atoms with E-state index in [4.69, 9.17) is 10.5 Å². The van der Waals surface area contributed by atoms with E-state index in [0.717, 1.165) is 42.9 Å². The van der Waals surface area contributed by atoms with Crippen molar-refractivity contribution in [2.24, 2.45) is 17.6 Å². The maximum atomic E-state index is 11.3. The number of benzene rings is 1. The Morgan fingerprint density at radius 3 is 2.81 bits per heavy atom. The summed E-state index contributed by atoms with van der Waals surface area (Å²) >= 11 is 0. The second-order valence-electron chi connectivity index (χ2n) is 6.68. The molecule has 1 aromatic carbocycles. The number of nitrogens with zero attached hydrogens (tertiary/aromatic N) is 5. The molecule has 1 aliphatic rings. The molecule has 1 aliphatic carbocycles. The molecule has 0 unspecified atom stereocenters. The summed E-state index contributed by atoms with van der Waals surface area (Å²) < 4.78 is 6.88. The third-order valence-electron chi connectivity index (χ3n) is 4.97. The van der Waals surface area contributed by atoms with Gasteiger partial charge in [-0.15, -0.1) is 5.10 Å². The number of nitrogens with two attached hydrogens (primary N) is 1. The van der Waals surface area contributed by atoms with Crippen molar-refractivity contribution >= 4 is 17.1 Å². The fraction of sp³-hybridized carbons (Fsp3) is 0.389. The van der Waals surface area contributed by atoms with E-state index in [1.54, 1.807) is 18.0 Å². The molecule has 0 spiro atoms. The van der Waals surface area contributed by atoms with Gasteiger partial charge in [0.15, 0.2) is 11.2 Å². The van der Waals surface area contributed by atoms with Gasteiger partial charge >= 0.3 is 0 Å². The van der Waals surface area contributed by atoms with Crippen LogP contribution in [-0.4, -0.2) is 38.0 Å². The second-order valence-corrected chi connectivity index (χ2v) is 6.68. The van der Waals surface area contributed by atoms with Crippen LogP contribution >= 0.6 is 0 Å². The number of fused-ring (bicyclic) bond motifs is 1. The lowest BCUT2D eigenvalue weighted by molar-refractivity contribution is -0.121. The van der Waals surface area contributed by atoms with Crippen molar-refractivity contribution in [3.05, 3.63) is 36.3 Å². The van der Waals surface area contributed by atoms with E-state index in [1.807, 2.05) is 24.3 Å². The predicted octanol–water partition coefficient (Wildman–Crippen LogP) is 1.66. The van der Waals surface area contributed by atoms with Crippen molar-refractivity contribution in [2.75, 3.05) is 7.11 Å². The summed E-state index contributed by atoms with van der Waals surface area (Å²) in [5, 5.41) is 8.33. The van der Waals surface area contributed by atoms with Crippen molar-refractivity contribution in [2.45, 2.75) is 25.7 Å². The Morgan fingerprint density at radius 1 is 1.31 bits per heavy atom. The predicted molar refractivity (Wildman–Crippen MR) is 94.7 cm³/mol. The van der Waals surface area contributed by atoms with Gasteiger partial charge in [0.1, 0.15) is 11.6 Å². The molecule has 26 heavy (non-hydrogen) atoms. The Kier molecular flexibility index (Phi) is 4.24. The molecule has 0 radical (unpaired) electrons. The van der Waals surface area contributed by atoms with Crippen LogP contribution in [0.4, 0.5) is 0 Å². The topological polar surface area (TPSA) is 109 Å². The number of methoxy groups -OCH3 is 1. The van der Waals surface area contributed by atoms with E-state index in [2.05, 4.69) is 20.3 Å². The summed E-state index contributed by atoms with van der Waals surface area (Å²) in [7, 11) is 1.63. The van der Waals surface area contributed by atoms with Gasteiger partial charge in [0.2, 0.25) is 5.91 Å². The maximum Gasteiger partial charge on any atom is 0.220 e. The van der Waals surface area contributed by atoms with Crippen LogP contribution < -0.4 is 10.5 Å². The highest BCUT2D eigenvalue weighted by Gasteiger charge is 2.29. The molecule has 0 aliphatic heterocycles. The number of rotatable bonds is 5. The number of hydrogen-bond donors (Lipinski definition) is 1. The van der Waals surface area contributed by atoms with Crippen molar-refractivity contribution in [1.29, 1.82) is 0 Å². The largest absolute Gasteiger partial charge is 0.497 e. The van der Waals surface area contributed by atoms with E-state index in [0.29, 0.717) is 17.1 Å². The average molecular weight is 352 g/mol. The first-order valence-electron chi connectivity index (χ1n) is 8.65. The van der Waals surface area contributed by atoms with Gasteiger partial charge in [-0.2, -0.15) is 4.68 Å². The lowest BCUT2D eigenvalue weighted by Gasteiger charge is -2.09. The molecule has 1 fully saturated rings. The molecule has 1 saturated carbocycles. The van der Waals surface area contributed by atoms with Crippen molar-refractivity contribution in [3.8, 4) is 11.4 Å². The van der Waals surface area contributed by atoms with Crippen LogP contribution in [0.5, 0.6) is 5.75 Å². The van der Waals surface area contributed by atoms with Gasteiger partial charge in [0.25, 0.3) is 0 Å². The van der Waals surface area contributed by atoms with Gasteiger partial charge in [-0.1, -0.05) is 5.21 Å². The highest BCUT2D eigenvalue weighted by Crippen LogP contribution is 2.32. The van der Waals surface area contributed by atoms with E-state index in [1.165, 1.54) is 0 Å². The smallest absolute Gasteiger partial charge is 0.220 e. The van der Waals surface area contributed by atoms with Gasteiger partial charge in [-0.25, -0.2) is 9.97 Å². The minimum Gasteiger partial charge on any atom is -0.497 e. The molecule has 0 bridgehead atoms. The molecule has 2 atom stereocenters. The zero-order valence-corrected chi connectivity index (χ0v) is 14.5. The molecule has 3 aromatic rings. The number of amides is 1. The van der Waals surface area contributed by atoms with E-state index < -0.39 is 0 Å². The van der Waals surface area contributed by atoms with Crippen LogP contribution in [0, 0.1) is 11.8 Å². The zero-order valence-electron chi connectivity index (χ0n) is 14.5. The standard InChI is InChI=1S/C18H20N6O2/c1-26-14-6-4-13(5-7-14)24-18-15(22-23-24)10-20-16(21-18)9-11-2-3-12(8-11)17(19)25/h4-7,10-12H,2-3,8-9H2,1H3,(H2,19,25)/t11-,12+/m1/s1. The van der Waals surface area contributed by atoms with E-state index in [9.17, 15) is 4.79 Å². The van der Waals surface area contributed by atoms with Crippen LogP contribution in [0.3, 0.4) is 0 Å². The second kappa shape index (κ2) is 6.70. The fourth-order valence-electron chi connectivity index (χ4n) is 3.54. The Labute approximate surface area is 150 Å². The highest BCUT2D eigenvalue weighted by atomic mass is 16.5. The van der Waals surface area contributed by atoms with Crippen LogP contribution in [0.2, 0.25) is 0 Å². The Bertz CT molecular complexity index is 937.